The van der Waals surface area contributed by atoms with Gasteiger partial charge in [0.2, 0.25) is 10.0 Å². The average molecular weight is 487 g/mol. The molecule has 0 bridgehead atoms. The van der Waals surface area contributed by atoms with Gasteiger partial charge in [-0.2, -0.15) is 0 Å². The summed E-state index contributed by atoms with van der Waals surface area (Å²) >= 11 is 0. The van der Waals surface area contributed by atoms with E-state index in [0.29, 0.717) is 24.1 Å². The molecule has 2 N–H and O–H groups in total. The highest BCUT2D eigenvalue weighted by atomic mass is 35.5. The van der Waals surface area contributed by atoms with Crippen LogP contribution in [0.1, 0.15) is 29.5 Å². The van der Waals surface area contributed by atoms with E-state index >= 15 is 0 Å². The van der Waals surface area contributed by atoms with E-state index < -0.39 is 15.6 Å². The fraction of sp³-hybridized carbons (Fsp3) is 0.462. The molecule has 3 atom stereocenters. The highest BCUT2D eigenvalue weighted by molar-refractivity contribution is 7.93. The lowest BCUT2D eigenvalue weighted by atomic mass is 9.89. The Morgan fingerprint density at radius 3 is 2.27 bits per heavy atom. The molecule has 6 rings (SSSR count). The van der Waals surface area contributed by atoms with Crippen LogP contribution in [0.25, 0.3) is 0 Å². The molecule has 3 fully saturated rings. The second-order valence-corrected chi connectivity index (χ2v) is 12.3. The molecule has 33 heavy (non-hydrogen) atoms. The van der Waals surface area contributed by atoms with Gasteiger partial charge in [0.25, 0.3) is 0 Å². The molecular formula is C26H31ClN2O3S. The molecule has 4 aliphatic rings. The van der Waals surface area contributed by atoms with Crippen LogP contribution in [-0.4, -0.2) is 48.9 Å². The molecule has 3 aliphatic carbocycles. The number of β-amino-alcohol motifs (C(OH)–C–C–N with tert-alkyl or cyclic N) is 1. The number of piperidine rings is 1. The number of nitrogens with one attached hydrogen (secondary N) is 1. The summed E-state index contributed by atoms with van der Waals surface area (Å²) in [5.41, 5.74) is 3.55. The van der Waals surface area contributed by atoms with Crippen LogP contribution in [0.5, 0.6) is 0 Å². The zero-order valence-corrected chi connectivity index (χ0v) is 20.2. The van der Waals surface area contributed by atoms with Crippen LogP contribution < -0.4 is 4.72 Å². The maximum Gasteiger partial charge on any atom is 0.235 e. The second kappa shape index (κ2) is 7.84. The van der Waals surface area contributed by atoms with Gasteiger partial charge >= 0.3 is 0 Å². The summed E-state index contributed by atoms with van der Waals surface area (Å²) in [5, 5.41) is 11.0. The average Bonchev–Trinajstić information content (AvgIpc) is 3.63. The first-order valence-electron chi connectivity index (χ1n) is 11.6. The number of nitrogens with zero attached hydrogens (tertiary/aromatic N) is 1. The molecule has 1 aliphatic heterocycles. The molecule has 0 aromatic heterocycles. The summed E-state index contributed by atoms with van der Waals surface area (Å²) in [6, 6.07) is 16.2. The van der Waals surface area contributed by atoms with Gasteiger partial charge in [0.15, 0.2) is 0 Å². The number of allylic oxidation sites excluding steroid dienone is 1. The Morgan fingerprint density at radius 1 is 1.06 bits per heavy atom. The SMILES string of the molecule is C=C[C@]1(c2cccc(NS(=O)(=O)C3CC3)c2)[C@@H]2CN(CC3(O)Cc4ccccc4C3)C[C@@H]21.Cl. The molecular weight excluding hydrogens is 456 g/mol. The monoisotopic (exact) mass is 486 g/mol. The summed E-state index contributed by atoms with van der Waals surface area (Å²) in [4.78, 5) is 2.41. The van der Waals surface area contributed by atoms with Crippen molar-refractivity contribution in [3.05, 3.63) is 77.9 Å². The lowest BCUT2D eigenvalue weighted by Crippen LogP contribution is -2.44. The van der Waals surface area contributed by atoms with Crippen molar-refractivity contribution in [3.8, 4) is 0 Å². The lowest BCUT2D eigenvalue weighted by Gasteiger charge is -2.32. The zero-order valence-electron chi connectivity index (χ0n) is 18.6. The van der Waals surface area contributed by atoms with Gasteiger partial charge in [0, 0.05) is 43.6 Å². The van der Waals surface area contributed by atoms with E-state index in [9.17, 15) is 13.5 Å². The highest BCUT2D eigenvalue weighted by Crippen LogP contribution is 2.64. The second-order valence-electron chi connectivity index (χ2n) is 10.3. The van der Waals surface area contributed by atoms with Gasteiger partial charge in [0.1, 0.15) is 0 Å². The third-order valence-corrected chi connectivity index (χ3v) is 9.98. The van der Waals surface area contributed by atoms with Crippen LogP contribution in [-0.2, 0) is 28.3 Å². The van der Waals surface area contributed by atoms with Gasteiger partial charge < -0.3 is 5.11 Å². The lowest BCUT2D eigenvalue weighted by molar-refractivity contribution is 0.0146. The van der Waals surface area contributed by atoms with Crippen molar-refractivity contribution < 1.29 is 13.5 Å². The van der Waals surface area contributed by atoms with Gasteiger partial charge in [-0.1, -0.05) is 42.5 Å². The fourth-order valence-electron chi connectivity index (χ4n) is 6.41. The zero-order chi connectivity index (χ0) is 22.1. The number of halogens is 1. The third-order valence-electron chi connectivity index (χ3n) is 8.11. The molecule has 2 aromatic rings. The van der Waals surface area contributed by atoms with E-state index in [1.165, 1.54) is 11.1 Å². The number of benzene rings is 2. The van der Waals surface area contributed by atoms with Crippen LogP contribution in [0.2, 0.25) is 0 Å². The van der Waals surface area contributed by atoms with E-state index in [0.717, 1.165) is 44.3 Å². The predicted molar refractivity (Wildman–Crippen MR) is 133 cm³/mol. The minimum absolute atomic E-state index is 0. The first-order chi connectivity index (χ1) is 15.3. The van der Waals surface area contributed by atoms with Crippen LogP contribution in [0.3, 0.4) is 0 Å². The molecule has 7 heteroatoms. The first kappa shape index (κ1) is 22.9. The molecule has 0 spiro atoms. The Bertz CT molecular complexity index is 1160. The minimum Gasteiger partial charge on any atom is -0.388 e. The Hall–Kier alpha value is -1.86. The molecule has 0 radical (unpaired) electrons. The van der Waals surface area contributed by atoms with Crippen molar-refractivity contribution in [2.75, 3.05) is 24.4 Å². The van der Waals surface area contributed by atoms with Crippen molar-refractivity contribution in [1.29, 1.82) is 0 Å². The largest absolute Gasteiger partial charge is 0.388 e. The van der Waals surface area contributed by atoms with Gasteiger partial charge in [-0.15, -0.1) is 19.0 Å². The van der Waals surface area contributed by atoms with Crippen molar-refractivity contribution in [2.45, 2.75) is 41.9 Å². The summed E-state index contributed by atoms with van der Waals surface area (Å²) < 4.78 is 27.5. The molecule has 2 saturated carbocycles. The summed E-state index contributed by atoms with van der Waals surface area (Å²) in [6.07, 6.45) is 5.02. The van der Waals surface area contributed by atoms with E-state index in [1.54, 1.807) is 0 Å². The van der Waals surface area contributed by atoms with Crippen LogP contribution >= 0.6 is 12.4 Å². The molecule has 1 saturated heterocycles. The number of rotatable bonds is 7. The van der Waals surface area contributed by atoms with Crippen molar-refractivity contribution in [3.63, 3.8) is 0 Å². The normalized spacial score (nSPS) is 29.6. The standard InChI is InChI=1S/C26H30N2O3S.ClH/c1-2-26(20-8-5-9-21(12-20)27-32(30,31)22-10-11-22)23-15-28(16-24(23)26)17-25(29)13-18-6-3-4-7-19(18)14-25;/h2-9,12,22-24,27,29H,1,10-11,13-17H2;1H/t23-,24+,26+;. The molecule has 0 amide bonds. The maximum absolute atomic E-state index is 12.4. The molecule has 1 heterocycles. The van der Waals surface area contributed by atoms with Gasteiger partial charge in [-0.3, -0.25) is 9.62 Å². The predicted octanol–water partition coefficient (Wildman–Crippen LogP) is 3.53. The van der Waals surface area contributed by atoms with Gasteiger partial charge in [-0.25, -0.2) is 8.42 Å². The minimum atomic E-state index is -3.27. The van der Waals surface area contributed by atoms with E-state index in [4.69, 9.17) is 0 Å². The number of sulfonamides is 1. The topological polar surface area (TPSA) is 69.6 Å². The van der Waals surface area contributed by atoms with Crippen LogP contribution in [0.4, 0.5) is 5.69 Å². The summed E-state index contributed by atoms with van der Waals surface area (Å²) in [5.74, 6) is 0.922. The molecule has 2 aromatic carbocycles. The van der Waals surface area contributed by atoms with E-state index in [-0.39, 0.29) is 23.1 Å². The Morgan fingerprint density at radius 2 is 1.70 bits per heavy atom. The molecule has 5 nitrogen and oxygen atoms in total. The smallest absolute Gasteiger partial charge is 0.235 e. The number of anilines is 1. The Balaban J connectivity index is 0.00000228. The van der Waals surface area contributed by atoms with Gasteiger partial charge in [0.05, 0.1) is 10.9 Å². The van der Waals surface area contributed by atoms with E-state index in [2.05, 4.69) is 40.5 Å². The summed E-state index contributed by atoms with van der Waals surface area (Å²) in [7, 11) is -3.27. The van der Waals surface area contributed by atoms with Crippen molar-refractivity contribution in [1.82, 2.24) is 4.90 Å². The number of hydrogen-bond donors (Lipinski definition) is 2. The van der Waals surface area contributed by atoms with E-state index in [1.807, 2.05) is 30.3 Å². The Kier molecular flexibility index (Phi) is 5.44. The van der Waals surface area contributed by atoms with Crippen molar-refractivity contribution >= 4 is 28.1 Å². The quantitative estimate of drug-likeness (QED) is 0.587. The van der Waals surface area contributed by atoms with Crippen LogP contribution in [0.15, 0.2) is 61.2 Å². The first-order valence-corrected chi connectivity index (χ1v) is 13.1. The van der Waals surface area contributed by atoms with Gasteiger partial charge in [-0.05, 0) is 53.5 Å². The number of hydrogen-bond acceptors (Lipinski definition) is 4. The number of fused-ring (bicyclic) bond motifs is 2. The maximum atomic E-state index is 12.4. The number of likely N-dealkylation sites (tertiary alicyclic amines) is 1. The van der Waals surface area contributed by atoms with Crippen LogP contribution in [0, 0.1) is 11.8 Å². The third kappa shape index (κ3) is 3.81. The summed E-state index contributed by atoms with van der Waals surface area (Å²) in [6.45, 7) is 6.73. The molecule has 0 unspecified atom stereocenters. The Labute approximate surface area is 202 Å². The number of aliphatic hydroxyl groups is 1. The van der Waals surface area contributed by atoms with Crippen molar-refractivity contribution in [2.24, 2.45) is 11.8 Å². The fourth-order valence-corrected chi connectivity index (χ4v) is 7.79. The highest BCUT2D eigenvalue weighted by Gasteiger charge is 2.67. The molecule has 176 valence electrons.